The lowest BCUT2D eigenvalue weighted by atomic mass is 10.1. The second-order valence-corrected chi connectivity index (χ2v) is 9.80. The summed E-state index contributed by atoms with van der Waals surface area (Å²) in [4.78, 5) is 0. The summed E-state index contributed by atoms with van der Waals surface area (Å²) in [5.74, 6) is 1.43. The summed E-state index contributed by atoms with van der Waals surface area (Å²) in [5, 5.41) is 0. The van der Waals surface area contributed by atoms with Gasteiger partial charge in [0.1, 0.15) is 11.5 Å². The maximum atomic E-state index is 6.22. The molecule has 0 aromatic heterocycles. The van der Waals surface area contributed by atoms with E-state index in [1.54, 1.807) is 0 Å². The summed E-state index contributed by atoms with van der Waals surface area (Å²) in [6, 6.07) is 3.99. The van der Waals surface area contributed by atoms with Crippen LogP contribution in [0.5, 0.6) is 11.5 Å². The second-order valence-electron chi connectivity index (χ2n) is 5.04. The Kier molecular flexibility index (Phi) is 8.49. The number of halogens is 6. The van der Waals surface area contributed by atoms with Crippen LogP contribution < -0.4 is 4.74 Å². The molecule has 0 N–H and O–H groups in total. The first-order valence-corrected chi connectivity index (χ1v) is 11.8. The monoisotopic (exact) mass is 718 g/mol. The molecule has 0 bridgehead atoms. The van der Waals surface area contributed by atoms with Gasteiger partial charge in [-0.05, 0) is 132 Å². The number of allylic oxidation sites excluding steroid dienone is 2. The average molecular weight is 724 g/mol. The fourth-order valence-corrected chi connectivity index (χ4v) is 5.30. The molecule has 0 aliphatic carbocycles. The Morgan fingerprint density at radius 2 is 1.00 bits per heavy atom. The Morgan fingerprint density at radius 3 is 1.32 bits per heavy atom. The summed E-state index contributed by atoms with van der Waals surface area (Å²) in [6.45, 7) is 7.63. The summed E-state index contributed by atoms with van der Waals surface area (Å²) in [7, 11) is 0. The van der Waals surface area contributed by atoms with E-state index in [-0.39, 0.29) is 0 Å². The Morgan fingerprint density at radius 1 is 0.640 bits per heavy atom. The van der Waals surface area contributed by atoms with E-state index in [0.717, 1.165) is 50.8 Å². The van der Waals surface area contributed by atoms with E-state index in [2.05, 4.69) is 109 Å². The van der Waals surface area contributed by atoms with Crippen LogP contribution in [0.2, 0.25) is 0 Å². The molecule has 0 saturated heterocycles. The molecule has 7 heteroatoms. The van der Waals surface area contributed by atoms with E-state index in [9.17, 15) is 0 Å². The van der Waals surface area contributed by atoms with Crippen LogP contribution in [0, 0.1) is 0 Å². The van der Waals surface area contributed by atoms with Crippen LogP contribution in [0.1, 0.15) is 11.1 Å². The van der Waals surface area contributed by atoms with E-state index < -0.39 is 0 Å². The number of rotatable bonds is 6. The van der Waals surface area contributed by atoms with Gasteiger partial charge in [0.15, 0.2) is 0 Å². The molecular formula is C18H12Br6O. The standard InChI is InChI=1S/C18H12Br6O/c1-3-5-9-7-11(15(21)17(23)13(9)19)25-12-8-10(6-4-2)14(20)18(24)16(12)22/h3-4,7-8H,1-2,5-6H2. The molecule has 0 aliphatic heterocycles. The van der Waals surface area contributed by atoms with Crippen molar-refractivity contribution in [3.05, 3.63) is 75.4 Å². The molecule has 25 heavy (non-hydrogen) atoms. The van der Waals surface area contributed by atoms with Crippen molar-refractivity contribution < 1.29 is 4.74 Å². The zero-order valence-electron chi connectivity index (χ0n) is 12.8. The van der Waals surface area contributed by atoms with Crippen molar-refractivity contribution in [3.63, 3.8) is 0 Å². The van der Waals surface area contributed by atoms with Crippen molar-refractivity contribution in [2.75, 3.05) is 0 Å². The first-order chi connectivity index (χ1) is 11.8. The molecule has 0 spiro atoms. The topological polar surface area (TPSA) is 9.23 Å². The lowest BCUT2D eigenvalue weighted by molar-refractivity contribution is 0.474. The third-order valence-electron chi connectivity index (χ3n) is 3.33. The smallest absolute Gasteiger partial charge is 0.143 e. The molecular weight excluding hydrogens is 712 g/mol. The second kappa shape index (κ2) is 9.69. The molecule has 0 saturated carbocycles. The summed E-state index contributed by atoms with van der Waals surface area (Å²) >= 11 is 21.6. The van der Waals surface area contributed by atoms with Gasteiger partial charge < -0.3 is 4.74 Å². The molecule has 0 atom stereocenters. The van der Waals surface area contributed by atoms with Crippen molar-refractivity contribution in [1.82, 2.24) is 0 Å². The van der Waals surface area contributed by atoms with E-state index in [0.29, 0.717) is 11.5 Å². The van der Waals surface area contributed by atoms with E-state index >= 15 is 0 Å². The Labute approximate surface area is 198 Å². The zero-order chi connectivity index (χ0) is 18.7. The first kappa shape index (κ1) is 21.9. The molecule has 2 aromatic carbocycles. The maximum absolute atomic E-state index is 6.22. The van der Waals surface area contributed by atoms with E-state index in [1.165, 1.54) is 0 Å². The minimum Gasteiger partial charge on any atom is -0.455 e. The van der Waals surface area contributed by atoms with Gasteiger partial charge in [-0.25, -0.2) is 0 Å². The SMILES string of the molecule is C=CCc1cc(Oc2cc(CC=C)c(Br)c(Br)c2Br)c(Br)c(Br)c1Br. The van der Waals surface area contributed by atoms with E-state index in [1.807, 2.05) is 24.3 Å². The van der Waals surface area contributed by atoms with Crippen molar-refractivity contribution in [3.8, 4) is 11.5 Å². The molecule has 0 fully saturated rings. The quantitative estimate of drug-likeness (QED) is 0.213. The van der Waals surface area contributed by atoms with Crippen molar-refractivity contribution in [2.24, 2.45) is 0 Å². The predicted octanol–water partition coefficient (Wildman–Crippen LogP) is 9.51. The molecule has 2 aromatic rings. The third kappa shape index (κ3) is 4.91. The van der Waals surface area contributed by atoms with Gasteiger partial charge in [0.25, 0.3) is 0 Å². The summed E-state index contributed by atoms with van der Waals surface area (Å²) < 4.78 is 11.7. The Hall–Kier alpha value is 0.600. The average Bonchev–Trinajstić information content (AvgIpc) is 2.59. The lowest BCUT2D eigenvalue weighted by Gasteiger charge is -2.16. The largest absolute Gasteiger partial charge is 0.455 e. The van der Waals surface area contributed by atoms with Crippen LogP contribution in [-0.2, 0) is 12.8 Å². The molecule has 2 rings (SSSR count). The van der Waals surface area contributed by atoms with Crippen LogP contribution >= 0.6 is 95.6 Å². The van der Waals surface area contributed by atoms with Gasteiger partial charge in [0.05, 0.1) is 8.95 Å². The van der Waals surface area contributed by atoms with Crippen LogP contribution in [-0.4, -0.2) is 0 Å². The van der Waals surface area contributed by atoms with Gasteiger partial charge in [-0.3, -0.25) is 0 Å². The Balaban J connectivity index is 2.56. The van der Waals surface area contributed by atoms with Gasteiger partial charge in [0, 0.05) is 17.9 Å². The van der Waals surface area contributed by atoms with Crippen molar-refractivity contribution >= 4 is 95.6 Å². The fraction of sp³-hybridized carbons (Fsp3) is 0.111. The zero-order valence-corrected chi connectivity index (χ0v) is 22.3. The van der Waals surface area contributed by atoms with Crippen LogP contribution in [0.15, 0.2) is 64.3 Å². The molecule has 0 radical (unpaired) electrons. The molecule has 132 valence electrons. The van der Waals surface area contributed by atoms with E-state index in [4.69, 9.17) is 4.74 Å². The predicted molar refractivity (Wildman–Crippen MR) is 127 cm³/mol. The molecule has 0 unspecified atom stereocenters. The van der Waals surface area contributed by atoms with Gasteiger partial charge in [0.2, 0.25) is 0 Å². The third-order valence-corrected chi connectivity index (χ3v) is 10.4. The molecule has 0 aliphatic rings. The van der Waals surface area contributed by atoms with Gasteiger partial charge in [-0.15, -0.1) is 13.2 Å². The lowest BCUT2D eigenvalue weighted by Crippen LogP contribution is -1.95. The van der Waals surface area contributed by atoms with Crippen LogP contribution in [0.25, 0.3) is 0 Å². The number of hydrogen-bond acceptors (Lipinski definition) is 1. The maximum Gasteiger partial charge on any atom is 0.143 e. The van der Waals surface area contributed by atoms with Gasteiger partial charge in [-0.1, -0.05) is 12.2 Å². The Bertz CT molecular complexity index is 775. The first-order valence-electron chi connectivity index (χ1n) is 7.04. The summed E-state index contributed by atoms with van der Waals surface area (Å²) in [5.41, 5.74) is 2.16. The van der Waals surface area contributed by atoms with Crippen molar-refractivity contribution in [2.45, 2.75) is 12.8 Å². The highest BCUT2D eigenvalue weighted by molar-refractivity contribution is 9.15. The highest BCUT2D eigenvalue weighted by atomic mass is 79.9. The molecule has 1 nitrogen and oxygen atoms in total. The number of benzene rings is 2. The molecule has 0 heterocycles. The molecule has 0 amide bonds. The van der Waals surface area contributed by atoms with Crippen LogP contribution in [0.4, 0.5) is 0 Å². The highest BCUT2D eigenvalue weighted by Crippen LogP contribution is 2.46. The normalized spacial score (nSPS) is 10.6. The van der Waals surface area contributed by atoms with Gasteiger partial charge >= 0.3 is 0 Å². The fourth-order valence-electron chi connectivity index (χ4n) is 2.14. The number of hydrogen-bond donors (Lipinski definition) is 0. The van der Waals surface area contributed by atoms with Crippen LogP contribution in [0.3, 0.4) is 0 Å². The minimum absolute atomic E-state index is 0.714. The highest BCUT2D eigenvalue weighted by Gasteiger charge is 2.18. The summed E-state index contributed by atoms with van der Waals surface area (Å²) in [6.07, 6.45) is 5.18. The van der Waals surface area contributed by atoms with Gasteiger partial charge in [-0.2, -0.15) is 0 Å². The minimum atomic E-state index is 0.714. The van der Waals surface area contributed by atoms with Crippen molar-refractivity contribution in [1.29, 1.82) is 0 Å². The number of ether oxygens (including phenoxy) is 1.